The molecular weight excluding hydrogens is 996 g/mol. The number of unbranched alkanes of at least 4 members (excludes halogenated alkanes) is 55. The molecule has 0 aromatic heterocycles. The molecule has 9 heteroatoms. The van der Waals surface area contributed by atoms with Crippen LogP contribution in [0.1, 0.15) is 393 Å². The highest BCUT2D eigenvalue weighted by atomic mass is 31.2. The van der Waals surface area contributed by atoms with Gasteiger partial charge in [0.1, 0.15) is 13.2 Å². The minimum atomic E-state index is -4.58. The number of carbonyl (C=O) groups excluding carboxylic acids is 1. The van der Waals surface area contributed by atoms with Crippen LogP contribution in [0.4, 0.5) is 0 Å². The lowest BCUT2D eigenvalue weighted by Gasteiger charge is -2.30. The summed E-state index contributed by atoms with van der Waals surface area (Å²) in [6.45, 7) is 4.80. The zero-order valence-corrected chi connectivity index (χ0v) is 55.3. The average Bonchev–Trinajstić information content (AvgIpc) is 3.42. The van der Waals surface area contributed by atoms with E-state index in [-0.39, 0.29) is 19.1 Å². The molecule has 0 saturated carbocycles. The summed E-state index contributed by atoms with van der Waals surface area (Å²) in [5.41, 5.74) is 0. The van der Waals surface area contributed by atoms with Gasteiger partial charge in [-0.1, -0.05) is 373 Å². The lowest BCUT2D eigenvalue weighted by Crippen LogP contribution is -2.46. The maximum absolute atomic E-state index is 13.1. The van der Waals surface area contributed by atoms with Gasteiger partial charge in [-0.25, -0.2) is 0 Å². The van der Waals surface area contributed by atoms with Crippen molar-refractivity contribution >= 4 is 13.7 Å². The SMILES string of the molecule is CCCCCCCCCCCCCCCCCCCCCCCCCCCCCCCCC(=O)NC(COP(=O)([O-])OCC[N+](C)(C)C)C(O)CCCCCCCCCCCCCCCCCCCCCCCCCCCCC. The molecule has 79 heavy (non-hydrogen) atoms. The second-order valence-electron chi connectivity index (χ2n) is 26.3. The van der Waals surface area contributed by atoms with Crippen molar-refractivity contribution in [1.82, 2.24) is 5.32 Å². The quantitative estimate of drug-likeness (QED) is 0.0357. The number of likely N-dealkylation sites (N-methyl/N-ethyl adjacent to an activating group) is 1. The number of hydrogen-bond acceptors (Lipinski definition) is 6. The first-order valence-corrected chi connectivity index (χ1v) is 37.3. The Bertz CT molecular complexity index is 1250. The van der Waals surface area contributed by atoms with E-state index in [1.54, 1.807) is 0 Å². The average molecular weight is 1140 g/mol. The topological polar surface area (TPSA) is 108 Å². The van der Waals surface area contributed by atoms with Crippen LogP contribution in [0.5, 0.6) is 0 Å². The van der Waals surface area contributed by atoms with Crippen LogP contribution in [-0.4, -0.2) is 68.5 Å². The molecule has 474 valence electrons. The molecule has 0 fully saturated rings. The molecule has 0 saturated heterocycles. The molecule has 0 aromatic carbocycles. The molecule has 0 aliphatic heterocycles. The number of aliphatic hydroxyl groups excluding tert-OH is 1. The van der Waals surface area contributed by atoms with Gasteiger partial charge in [-0.05, 0) is 12.8 Å². The summed E-state index contributed by atoms with van der Waals surface area (Å²) in [7, 11) is 1.33. The van der Waals surface area contributed by atoms with Crippen molar-refractivity contribution in [2.24, 2.45) is 0 Å². The van der Waals surface area contributed by atoms with Crippen LogP contribution in [0.25, 0.3) is 0 Å². The van der Waals surface area contributed by atoms with Crippen molar-refractivity contribution in [3.8, 4) is 0 Å². The molecule has 0 spiro atoms. The van der Waals surface area contributed by atoms with E-state index in [2.05, 4.69) is 19.2 Å². The van der Waals surface area contributed by atoms with Gasteiger partial charge in [0.25, 0.3) is 7.82 Å². The lowest BCUT2D eigenvalue weighted by molar-refractivity contribution is -0.870. The third-order valence-electron chi connectivity index (χ3n) is 17.1. The third-order valence-corrected chi connectivity index (χ3v) is 18.1. The zero-order valence-electron chi connectivity index (χ0n) is 54.4. The fraction of sp³-hybridized carbons (Fsp3) is 0.986. The number of phosphoric acid groups is 1. The summed E-state index contributed by atoms with van der Waals surface area (Å²) in [6.07, 6.45) is 77.6. The highest BCUT2D eigenvalue weighted by Gasteiger charge is 2.24. The van der Waals surface area contributed by atoms with Crippen molar-refractivity contribution in [2.75, 3.05) is 40.9 Å². The van der Waals surface area contributed by atoms with Gasteiger partial charge in [-0.3, -0.25) is 9.36 Å². The largest absolute Gasteiger partial charge is 0.756 e. The summed E-state index contributed by atoms with van der Waals surface area (Å²) < 4.78 is 23.6. The number of rotatable bonds is 68. The first-order chi connectivity index (χ1) is 38.5. The molecule has 0 aromatic rings. The van der Waals surface area contributed by atoms with Gasteiger partial charge in [0.2, 0.25) is 5.91 Å². The molecule has 0 radical (unpaired) electrons. The van der Waals surface area contributed by atoms with E-state index in [0.29, 0.717) is 23.9 Å². The van der Waals surface area contributed by atoms with Gasteiger partial charge in [-0.2, -0.15) is 0 Å². The standard InChI is InChI=1S/C70H143N2O6P/c1-6-8-10-12-14-16-18-20-22-24-26-28-30-32-34-35-36-38-40-42-44-46-48-50-52-54-56-58-60-62-64-70(74)71-68(67-78-79(75,76)77-66-65-72(3,4)5)69(73)63-61-59-57-55-53-51-49-47-45-43-41-39-37-33-31-29-27-25-23-21-19-17-15-13-11-9-7-2/h68-69,73H,6-67H2,1-5H3,(H-,71,74,75,76). The minimum Gasteiger partial charge on any atom is -0.756 e. The molecule has 0 aliphatic rings. The van der Waals surface area contributed by atoms with Crippen molar-refractivity contribution in [3.05, 3.63) is 0 Å². The molecule has 3 atom stereocenters. The van der Waals surface area contributed by atoms with Crippen LogP contribution < -0.4 is 10.2 Å². The summed E-state index contributed by atoms with van der Waals surface area (Å²) in [6, 6.07) is -0.797. The second kappa shape index (κ2) is 62.0. The van der Waals surface area contributed by atoms with E-state index in [9.17, 15) is 19.4 Å². The summed E-state index contributed by atoms with van der Waals surface area (Å²) in [5.74, 6) is -0.153. The van der Waals surface area contributed by atoms with Crippen LogP contribution >= 0.6 is 7.82 Å². The molecule has 2 N–H and O–H groups in total. The van der Waals surface area contributed by atoms with Crippen LogP contribution in [0.3, 0.4) is 0 Å². The number of nitrogens with one attached hydrogen (secondary N) is 1. The minimum absolute atomic E-state index is 0.0170. The molecule has 0 heterocycles. The van der Waals surface area contributed by atoms with E-state index in [1.807, 2.05) is 21.1 Å². The Kier molecular flexibility index (Phi) is 61.7. The normalized spacial score (nSPS) is 13.6. The van der Waals surface area contributed by atoms with E-state index in [1.165, 1.54) is 327 Å². The summed E-state index contributed by atoms with van der Waals surface area (Å²) >= 11 is 0. The molecule has 0 aliphatic carbocycles. The number of nitrogens with zero attached hydrogens (tertiary/aromatic N) is 1. The van der Waals surface area contributed by atoms with E-state index in [4.69, 9.17) is 9.05 Å². The van der Waals surface area contributed by atoms with Crippen LogP contribution in [0.15, 0.2) is 0 Å². The first-order valence-electron chi connectivity index (χ1n) is 35.9. The Morgan fingerprint density at radius 2 is 0.620 bits per heavy atom. The summed E-state index contributed by atoms with van der Waals surface area (Å²) in [4.78, 5) is 25.7. The Hall–Kier alpha value is -0.500. The number of phosphoric ester groups is 1. The van der Waals surface area contributed by atoms with Crippen molar-refractivity contribution < 1.29 is 32.9 Å². The zero-order chi connectivity index (χ0) is 57.7. The smallest absolute Gasteiger partial charge is 0.268 e. The molecule has 1 amide bonds. The van der Waals surface area contributed by atoms with Crippen molar-refractivity contribution in [1.29, 1.82) is 0 Å². The number of hydrogen-bond donors (Lipinski definition) is 2. The highest BCUT2D eigenvalue weighted by molar-refractivity contribution is 7.45. The Morgan fingerprint density at radius 3 is 0.861 bits per heavy atom. The lowest BCUT2D eigenvalue weighted by atomic mass is 10.0. The van der Waals surface area contributed by atoms with Gasteiger partial charge in [0.15, 0.2) is 0 Å². The van der Waals surface area contributed by atoms with Crippen molar-refractivity contribution in [3.63, 3.8) is 0 Å². The number of amides is 1. The Labute approximate surface area is 495 Å². The van der Waals surface area contributed by atoms with E-state index >= 15 is 0 Å². The van der Waals surface area contributed by atoms with E-state index in [0.717, 1.165) is 38.5 Å². The van der Waals surface area contributed by atoms with E-state index < -0.39 is 20.0 Å². The van der Waals surface area contributed by atoms with Crippen LogP contribution in [0, 0.1) is 0 Å². The van der Waals surface area contributed by atoms with Crippen LogP contribution in [-0.2, 0) is 18.4 Å². The molecule has 0 bridgehead atoms. The molecule has 8 nitrogen and oxygen atoms in total. The Morgan fingerprint density at radius 1 is 0.392 bits per heavy atom. The maximum atomic E-state index is 13.1. The van der Waals surface area contributed by atoms with Crippen LogP contribution in [0.2, 0.25) is 0 Å². The fourth-order valence-corrected chi connectivity index (χ4v) is 12.2. The predicted octanol–water partition coefficient (Wildman–Crippen LogP) is 22.1. The Balaban J connectivity index is 3.97. The molecule has 3 unspecified atom stereocenters. The predicted molar refractivity (Wildman–Crippen MR) is 344 cm³/mol. The highest BCUT2D eigenvalue weighted by Crippen LogP contribution is 2.38. The monoisotopic (exact) mass is 1140 g/mol. The van der Waals surface area contributed by atoms with Gasteiger partial charge >= 0.3 is 0 Å². The van der Waals surface area contributed by atoms with Gasteiger partial charge < -0.3 is 28.8 Å². The second-order valence-corrected chi connectivity index (χ2v) is 27.7. The maximum Gasteiger partial charge on any atom is 0.268 e. The fourth-order valence-electron chi connectivity index (χ4n) is 11.5. The number of carbonyl (C=O) groups is 1. The number of aliphatic hydroxyl groups is 1. The van der Waals surface area contributed by atoms with Crippen molar-refractivity contribution in [2.45, 2.75) is 405 Å². The first kappa shape index (κ1) is 78.5. The number of quaternary nitrogens is 1. The van der Waals surface area contributed by atoms with Gasteiger partial charge in [0, 0.05) is 6.42 Å². The van der Waals surface area contributed by atoms with Gasteiger partial charge in [-0.15, -0.1) is 0 Å². The molecular formula is C70H143N2O6P. The summed E-state index contributed by atoms with van der Waals surface area (Å²) in [5, 5.41) is 14.1. The van der Waals surface area contributed by atoms with Gasteiger partial charge in [0.05, 0.1) is 39.9 Å². The third kappa shape index (κ3) is 64.9. The molecule has 0 rings (SSSR count).